The molecule has 2 heterocycles. The third-order valence-corrected chi connectivity index (χ3v) is 6.04. The molecule has 1 saturated heterocycles. The lowest BCUT2D eigenvalue weighted by atomic mass is 10.2. The number of likely N-dealkylation sites (tertiary alicyclic amines) is 1. The van der Waals surface area contributed by atoms with Crippen molar-refractivity contribution in [3.05, 3.63) is 59.9 Å². The number of amides is 1. The minimum atomic E-state index is -3.69. The zero-order valence-corrected chi connectivity index (χ0v) is 16.6. The van der Waals surface area contributed by atoms with Crippen molar-refractivity contribution in [3.8, 4) is 6.07 Å². The Hall–Kier alpha value is -2.80. The lowest BCUT2D eigenvalue weighted by molar-refractivity contribution is 0.0422. The van der Waals surface area contributed by atoms with Crippen molar-refractivity contribution < 1.29 is 17.9 Å². The Labute approximate surface area is 170 Å². The van der Waals surface area contributed by atoms with Gasteiger partial charge in [0.2, 0.25) is 10.0 Å². The predicted molar refractivity (Wildman–Crippen MR) is 105 cm³/mol. The molecule has 1 N–H and O–H groups in total. The van der Waals surface area contributed by atoms with Crippen molar-refractivity contribution in [2.24, 2.45) is 0 Å². The van der Waals surface area contributed by atoms with Crippen LogP contribution in [0.15, 0.2) is 53.6 Å². The van der Waals surface area contributed by atoms with Crippen LogP contribution in [0.2, 0.25) is 0 Å². The summed E-state index contributed by atoms with van der Waals surface area (Å²) < 4.78 is 32.5. The smallest absolute Gasteiger partial charge is 0.253 e. The van der Waals surface area contributed by atoms with Crippen LogP contribution in [0.25, 0.3) is 0 Å². The maximum atomic E-state index is 12.7. The van der Waals surface area contributed by atoms with E-state index >= 15 is 0 Å². The Morgan fingerprint density at radius 1 is 1.28 bits per heavy atom. The normalized spacial score (nSPS) is 16.5. The van der Waals surface area contributed by atoms with Gasteiger partial charge in [-0.2, -0.15) is 5.26 Å². The van der Waals surface area contributed by atoms with Crippen molar-refractivity contribution >= 4 is 15.9 Å². The maximum absolute atomic E-state index is 12.7. The quantitative estimate of drug-likeness (QED) is 0.658. The molecule has 8 nitrogen and oxygen atoms in total. The molecule has 9 heteroatoms. The van der Waals surface area contributed by atoms with Crippen LogP contribution < -0.4 is 4.72 Å². The molecule has 0 spiro atoms. The third-order valence-electron chi connectivity index (χ3n) is 4.57. The van der Waals surface area contributed by atoms with Gasteiger partial charge in [0.1, 0.15) is 0 Å². The SMILES string of the molecule is N#CCCNS(=O)(=O)c1ccc(C(=O)N2CCC(OCc3ccccn3)C2)cc1. The number of nitrogens with zero attached hydrogens (tertiary/aromatic N) is 3. The molecule has 3 rings (SSSR count). The molecule has 0 aliphatic carbocycles. The van der Waals surface area contributed by atoms with Gasteiger partial charge in [-0.1, -0.05) is 6.07 Å². The molecule has 2 aromatic rings. The molecule has 1 fully saturated rings. The van der Waals surface area contributed by atoms with Gasteiger partial charge in [-0.05, 0) is 42.8 Å². The fraction of sp³-hybridized carbons (Fsp3) is 0.350. The molecule has 1 aromatic carbocycles. The highest BCUT2D eigenvalue weighted by molar-refractivity contribution is 7.89. The second-order valence-corrected chi connectivity index (χ2v) is 8.39. The summed E-state index contributed by atoms with van der Waals surface area (Å²) in [4.78, 5) is 18.7. The first kappa shape index (κ1) is 20.9. The number of carbonyl (C=O) groups is 1. The van der Waals surface area contributed by atoms with Gasteiger partial charge in [0.15, 0.2) is 0 Å². The largest absolute Gasteiger partial charge is 0.370 e. The van der Waals surface area contributed by atoms with Gasteiger partial charge in [0.05, 0.1) is 29.4 Å². The van der Waals surface area contributed by atoms with E-state index in [-0.39, 0.29) is 29.9 Å². The number of benzene rings is 1. The van der Waals surface area contributed by atoms with E-state index in [0.29, 0.717) is 25.3 Å². The number of pyridine rings is 1. The first-order valence-electron chi connectivity index (χ1n) is 9.27. The topological polar surface area (TPSA) is 112 Å². The van der Waals surface area contributed by atoms with E-state index in [0.717, 1.165) is 12.1 Å². The van der Waals surface area contributed by atoms with Gasteiger partial charge in [0.25, 0.3) is 5.91 Å². The Morgan fingerprint density at radius 2 is 2.07 bits per heavy atom. The van der Waals surface area contributed by atoms with E-state index in [1.807, 2.05) is 24.3 Å². The summed E-state index contributed by atoms with van der Waals surface area (Å²) in [5, 5.41) is 8.51. The lowest BCUT2D eigenvalue weighted by Gasteiger charge is -2.17. The zero-order valence-electron chi connectivity index (χ0n) is 15.8. The number of ether oxygens (including phenoxy) is 1. The van der Waals surface area contributed by atoms with Crippen molar-refractivity contribution in [2.45, 2.75) is 30.4 Å². The van der Waals surface area contributed by atoms with Gasteiger partial charge in [-0.15, -0.1) is 0 Å². The summed E-state index contributed by atoms with van der Waals surface area (Å²) in [5.74, 6) is -0.157. The summed E-state index contributed by atoms with van der Waals surface area (Å²) in [5.41, 5.74) is 1.27. The average molecular weight is 414 g/mol. The first-order valence-corrected chi connectivity index (χ1v) is 10.8. The molecule has 1 aliphatic heterocycles. The second-order valence-electron chi connectivity index (χ2n) is 6.62. The van der Waals surface area contributed by atoms with E-state index in [2.05, 4.69) is 9.71 Å². The molecule has 152 valence electrons. The predicted octanol–water partition coefficient (Wildman–Crippen LogP) is 1.70. The summed E-state index contributed by atoms with van der Waals surface area (Å²) in [6.07, 6.45) is 2.50. The minimum Gasteiger partial charge on any atom is -0.370 e. The minimum absolute atomic E-state index is 0.0488. The van der Waals surface area contributed by atoms with Crippen LogP contribution in [0.1, 0.15) is 28.9 Å². The summed E-state index contributed by atoms with van der Waals surface area (Å²) in [6.45, 7) is 1.52. The lowest BCUT2D eigenvalue weighted by Crippen LogP contribution is -2.30. The number of hydrogen-bond donors (Lipinski definition) is 1. The summed E-state index contributed by atoms with van der Waals surface area (Å²) in [7, 11) is -3.69. The molecule has 1 aliphatic rings. The monoisotopic (exact) mass is 414 g/mol. The highest BCUT2D eigenvalue weighted by Gasteiger charge is 2.28. The molecular weight excluding hydrogens is 392 g/mol. The van der Waals surface area contributed by atoms with Gasteiger partial charge in [-0.25, -0.2) is 13.1 Å². The van der Waals surface area contributed by atoms with E-state index in [1.165, 1.54) is 24.3 Å². The standard InChI is InChI=1S/C20H22N4O4S/c21-10-3-12-23-29(26,27)19-7-5-16(6-8-19)20(25)24-13-9-18(14-24)28-15-17-4-1-2-11-22-17/h1-2,4-8,11,18,23H,3,9,12-15H2. The van der Waals surface area contributed by atoms with Crippen LogP contribution >= 0.6 is 0 Å². The Kier molecular flexibility index (Phi) is 6.93. The van der Waals surface area contributed by atoms with E-state index in [4.69, 9.17) is 10.00 Å². The molecule has 0 radical (unpaired) electrons. The first-order chi connectivity index (χ1) is 14.0. The number of carbonyl (C=O) groups excluding carboxylic acids is 1. The summed E-state index contributed by atoms with van der Waals surface area (Å²) in [6, 6.07) is 13.3. The maximum Gasteiger partial charge on any atom is 0.253 e. The van der Waals surface area contributed by atoms with E-state index in [1.54, 1.807) is 11.1 Å². The number of hydrogen-bond acceptors (Lipinski definition) is 6. The van der Waals surface area contributed by atoms with Gasteiger partial charge in [0, 0.05) is 37.8 Å². The molecule has 0 bridgehead atoms. The number of sulfonamides is 1. The number of aromatic nitrogens is 1. The van der Waals surface area contributed by atoms with Crippen LogP contribution in [0, 0.1) is 11.3 Å². The van der Waals surface area contributed by atoms with Crippen LogP contribution in [0.4, 0.5) is 0 Å². The number of nitriles is 1. The third kappa shape index (κ3) is 5.60. The Balaban J connectivity index is 1.55. The van der Waals surface area contributed by atoms with Crippen LogP contribution in [-0.2, 0) is 21.4 Å². The average Bonchev–Trinajstić information content (AvgIpc) is 3.22. The van der Waals surface area contributed by atoms with Crippen molar-refractivity contribution in [1.29, 1.82) is 5.26 Å². The summed E-state index contributed by atoms with van der Waals surface area (Å²) >= 11 is 0. The number of rotatable bonds is 8. The van der Waals surface area contributed by atoms with E-state index < -0.39 is 10.0 Å². The van der Waals surface area contributed by atoms with Crippen molar-refractivity contribution in [3.63, 3.8) is 0 Å². The molecule has 1 atom stereocenters. The molecule has 1 amide bonds. The van der Waals surface area contributed by atoms with Crippen molar-refractivity contribution in [1.82, 2.24) is 14.6 Å². The Bertz CT molecular complexity index is 972. The molecule has 0 saturated carbocycles. The second kappa shape index (κ2) is 9.60. The van der Waals surface area contributed by atoms with Crippen LogP contribution in [0.5, 0.6) is 0 Å². The molecule has 1 aromatic heterocycles. The highest BCUT2D eigenvalue weighted by atomic mass is 32.2. The van der Waals surface area contributed by atoms with Gasteiger partial charge < -0.3 is 9.64 Å². The van der Waals surface area contributed by atoms with E-state index in [9.17, 15) is 13.2 Å². The molecule has 29 heavy (non-hydrogen) atoms. The van der Waals surface area contributed by atoms with Crippen LogP contribution in [0.3, 0.4) is 0 Å². The number of nitrogens with one attached hydrogen (secondary N) is 1. The Morgan fingerprint density at radius 3 is 2.76 bits per heavy atom. The molecular formula is C20H22N4O4S. The fourth-order valence-corrected chi connectivity index (χ4v) is 4.05. The van der Waals surface area contributed by atoms with Gasteiger partial charge >= 0.3 is 0 Å². The van der Waals surface area contributed by atoms with Crippen LogP contribution in [-0.4, -0.2) is 49.9 Å². The molecule has 1 unspecified atom stereocenters. The van der Waals surface area contributed by atoms with Gasteiger partial charge in [-0.3, -0.25) is 9.78 Å². The fourth-order valence-electron chi connectivity index (χ4n) is 3.02. The zero-order chi connectivity index (χ0) is 20.7. The van der Waals surface area contributed by atoms with Crippen molar-refractivity contribution in [2.75, 3.05) is 19.6 Å². The highest BCUT2D eigenvalue weighted by Crippen LogP contribution is 2.18.